The molecule has 4 aromatic rings. The number of amides is 1. The maximum Gasteiger partial charge on any atom is 0.253 e. The molecular formula is C22H21N5O3S. The summed E-state index contributed by atoms with van der Waals surface area (Å²) >= 11 is 0. The second-order valence-electron chi connectivity index (χ2n) is 7.10. The van der Waals surface area contributed by atoms with E-state index in [0.29, 0.717) is 22.5 Å². The lowest BCUT2D eigenvalue weighted by Gasteiger charge is -2.07. The van der Waals surface area contributed by atoms with Crippen LogP contribution in [0, 0.1) is 0 Å². The van der Waals surface area contributed by atoms with Crippen LogP contribution in [0.1, 0.15) is 34.1 Å². The summed E-state index contributed by atoms with van der Waals surface area (Å²) in [6, 6.07) is 12.5. The number of carbonyl (C=O) groups excluding carboxylic acids is 1. The molecule has 1 aromatic carbocycles. The van der Waals surface area contributed by atoms with Crippen molar-refractivity contribution in [2.24, 2.45) is 0 Å². The Morgan fingerprint density at radius 3 is 2.68 bits per heavy atom. The lowest BCUT2D eigenvalue weighted by Crippen LogP contribution is -2.23. The Bertz CT molecular complexity index is 1330. The summed E-state index contributed by atoms with van der Waals surface area (Å²) in [6.07, 6.45) is 5.43. The van der Waals surface area contributed by atoms with E-state index < -0.39 is 9.84 Å². The number of H-pyrrole nitrogens is 1. The van der Waals surface area contributed by atoms with Crippen LogP contribution in [0.15, 0.2) is 66.0 Å². The maximum atomic E-state index is 12.4. The van der Waals surface area contributed by atoms with Crippen LogP contribution in [0.2, 0.25) is 0 Å². The first kappa shape index (κ1) is 20.7. The smallest absolute Gasteiger partial charge is 0.253 e. The van der Waals surface area contributed by atoms with Crippen LogP contribution in [0.3, 0.4) is 0 Å². The molecule has 0 aliphatic carbocycles. The van der Waals surface area contributed by atoms with E-state index in [1.54, 1.807) is 43.6 Å². The minimum absolute atomic E-state index is 0.0738. The molecule has 3 aromatic heterocycles. The van der Waals surface area contributed by atoms with Gasteiger partial charge in [-0.1, -0.05) is 25.1 Å². The molecule has 158 valence electrons. The molecule has 31 heavy (non-hydrogen) atoms. The molecule has 9 heteroatoms. The summed E-state index contributed by atoms with van der Waals surface area (Å²) in [7, 11) is -3.23. The fourth-order valence-corrected chi connectivity index (χ4v) is 4.10. The molecule has 4 rings (SSSR count). The molecule has 0 bridgehead atoms. The normalized spacial score (nSPS) is 11.5. The zero-order valence-electron chi connectivity index (χ0n) is 16.9. The molecule has 0 atom stereocenters. The van der Waals surface area contributed by atoms with Gasteiger partial charge in [0.15, 0.2) is 15.5 Å². The molecule has 0 saturated carbocycles. The van der Waals surface area contributed by atoms with Gasteiger partial charge in [-0.25, -0.2) is 13.4 Å². The van der Waals surface area contributed by atoms with Crippen LogP contribution in [-0.4, -0.2) is 40.2 Å². The number of hydrogen-bond acceptors (Lipinski definition) is 6. The number of benzene rings is 1. The standard InChI is InChI=1S/C22H21N5O3S/c1-2-31(29,30)20-5-3-4-15(9-20)8-16-6-7-19(23-11-16)14-25-22(28)18-10-17-13-26-27-21(17)24-12-18/h3-7,9-13H,2,8,14H2,1H3,(H,25,28)(H,24,26,27). The third-order valence-electron chi connectivity index (χ3n) is 4.92. The van der Waals surface area contributed by atoms with Gasteiger partial charge in [0.1, 0.15) is 0 Å². The van der Waals surface area contributed by atoms with E-state index in [1.807, 2.05) is 18.2 Å². The van der Waals surface area contributed by atoms with Crippen molar-refractivity contribution in [2.75, 3.05) is 5.75 Å². The Labute approximate surface area is 179 Å². The summed E-state index contributed by atoms with van der Waals surface area (Å²) in [4.78, 5) is 21.3. The second kappa shape index (κ2) is 8.65. The van der Waals surface area contributed by atoms with Gasteiger partial charge in [0, 0.05) is 17.8 Å². The van der Waals surface area contributed by atoms with Gasteiger partial charge in [-0.2, -0.15) is 5.10 Å². The molecule has 8 nitrogen and oxygen atoms in total. The number of rotatable bonds is 7. The average Bonchev–Trinajstić information content (AvgIpc) is 3.26. The van der Waals surface area contributed by atoms with Crippen molar-refractivity contribution in [3.63, 3.8) is 0 Å². The zero-order valence-corrected chi connectivity index (χ0v) is 17.7. The molecule has 0 spiro atoms. The van der Waals surface area contributed by atoms with Crippen LogP contribution in [0.25, 0.3) is 11.0 Å². The van der Waals surface area contributed by atoms with Crippen LogP contribution in [0.4, 0.5) is 0 Å². The Balaban J connectivity index is 1.38. The number of pyridine rings is 2. The molecule has 2 N–H and O–H groups in total. The lowest BCUT2D eigenvalue weighted by atomic mass is 10.1. The van der Waals surface area contributed by atoms with E-state index >= 15 is 0 Å². The van der Waals surface area contributed by atoms with Gasteiger partial charge >= 0.3 is 0 Å². The van der Waals surface area contributed by atoms with Gasteiger partial charge in [0.2, 0.25) is 0 Å². The van der Waals surface area contributed by atoms with E-state index in [4.69, 9.17) is 0 Å². The number of aromatic amines is 1. The largest absolute Gasteiger partial charge is 0.346 e. The third kappa shape index (κ3) is 4.77. The van der Waals surface area contributed by atoms with E-state index in [1.165, 1.54) is 6.20 Å². The summed E-state index contributed by atoms with van der Waals surface area (Å²) in [5, 5.41) is 10.2. The number of nitrogens with one attached hydrogen (secondary N) is 2. The number of hydrogen-bond donors (Lipinski definition) is 2. The van der Waals surface area contributed by atoms with Gasteiger partial charge in [-0.05, 0) is 41.8 Å². The van der Waals surface area contributed by atoms with Crippen LogP contribution >= 0.6 is 0 Å². The summed E-state index contributed by atoms with van der Waals surface area (Å²) in [5.41, 5.74) is 3.66. The van der Waals surface area contributed by atoms with E-state index in [0.717, 1.165) is 22.2 Å². The van der Waals surface area contributed by atoms with Gasteiger partial charge in [0.05, 0.1) is 34.6 Å². The van der Waals surface area contributed by atoms with Gasteiger partial charge < -0.3 is 5.32 Å². The molecule has 0 aliphatic rings. The van der Waals surface area contributed by atoms with Gasteiger partial charge in [-0.3, -0.25) is 14.9 Å². The van der Waals surface area contributed by atoms with Crippen LogP contribution < -0.4 is 5.32 Å². The predicted octanol–water partition coefficient (Wildman–Crippen LogP) is 2.67. The highest BCUT2D eigenvalue weighted by atomic mass is 32.2. The van der Waals surface area contributed by atoms with Gasteiger partial charge in [0.25, 0.3) is 5.91 Å². The van der Waals surface area contributed by atoms with Crippen molar-refractivity contribution in [2.45, 2.75) is 24.8 Å². The third-order valence-corrected chi connectivity index (χ3v) is 6.65. The first-order valence-corrected chi connectivity index (χ1v) is 11.4. The molecule has 0 saturated heterocycles. The molecular weight excluding hydrogens is 414 g/mol. The van der Waals surface area contributed by atoms with Crippen LogP contribution in [0.5, 0.6) is 0 Å². The zero-order chi connectivity index (χ0) is 21.8. The lowest BCUT2D eigenvalue weighted by molar-refractivity contribution is 0.0950. The summed E-state index contributed by atoms with van der Waals surface area (Å²) in [6.45, 7) is 1.92. The van der Waals surface area contributed by atoms with Crippen LogP contribution in [-0.2, 0) is 22.8 Å². The number of aromatic nitrogens is 4. The predicted molar refractivity (Wildman–Crippen MR) is 116 cm³/mol. The Morgan fingerprint density at radius 1 is 1.03 bits per heavy atom. The monoisotopic (exact) mass is 435 g/mol. The second-order valence-corrected chi connectivity index (χ2v) is 9.38. The molecule has 0 aliphatic heterocycles. The minimum atomic E-state index is -3.23. The Hall–Kier alpha value is -3.59. The fraction of sp³-hybridized carbons (Fsp3) is 0.182. The Morgan fingerprint density at radius 2 is 1.90 bits per heavy atom. The van der Waals surface area contributed by atoms with Gasteiger partial charge in [-0.15, -0.1) is 0 Å². The fourth-order valence-electron chi connectivity index (χ4n) is 3.15. The molecule has 3 heterocycles. The molecule has 0 unspecified atom stereocenters. The van der Waals surface area contributed by atoms with E-state index in [9.17, 15) is 13.2 Å². The van der Waals surface area contributed by atoms with E-state index in [-0.39, 0.29) is 18.2 Å². The quantitative estimate of drug-likeness (QED) is 0.461. The first-order valence-electron chi connectivity index (χ1n) is 9.77. The van der Waals surface area contributed by atoms with Crippen molar-refractivity contribution >= 4 is 26.8 Å². The Kier molecular flexibility index (Phi) is 5.77. The summed E-state index contributed by atoms with van der Waals surface area (Å²) < 4.78 is 24.1. The highest BCUT2D eigenvalue weighted by Gasteiger charge is 2.12. The molecule has 0 radical (unpaired) electrons. The SMILES string of the molecule is CCS(=O)(=O)c1cccc(Cc2ccc(CNC(=O)c3cnc4[nH]ncc4c3)nc2)c1. The highest BCUT2D eigenvalue weighted by molar-refractivity contribution is 7.91. The minimum Gasteiger partial charge on any atom is -0.346 e. The number of fused-ring (bicyclic) bond motifs is 1. The van der Waals surface area contributed by atoms with Crippen molar-refractivity contribution in [1.29, 1.82) is 0 Å². The maximum absolute atomic E-state index is 12.4. The summed E-state index contributed by atoms with van der Waals surface area (Å²) in [5.74, 6) is -0.167. The van der Waals surface area contributed by atoms with Crippen molar-refractivity contribution in [1.82, 2.24) is 25.5 Å². The van der Waals surface area contributed by atoms with Crippen molar-refractivity contribution in [3.05, 3.63) is 83.4 Å². The van der Waals surface area contributed by atoms with Crippen molar-refractivity contribution < 1.29 is 13.2 Å². The highest BCUT2D eigenvalue weighted by Crippen LogP contribution is 2.16. The number of sulfone groups is 1. The van der Waals surface area contributed by atoms with E-state index in [2.05, 4.69) is 25.5 Å². The number of nitrogens with zero attached hydrogens (tertiary/aromatic N) is 3. The number of carbonyl (C=O) groups is 1. The topological polar surface area (TPSA) is 118 Å². The molecule has 0 fully saturated rings. The molecule has 1 amide bonds. The average molecular weight is 436 g/mol. The van der Waals surface area contributed by atoms with Crippen molar-refractivity contribution in [3.8, 4) is 0 Å². The first-order chi connectivity index (χ1) is 14.9.